The lowest BCUT2D eigenvalue weighted by molar-refractivity contribution is -0.139. The minimum Gasteiger partial charge on any atom is -0.462 e. The van der Waals surface area contributed by atoms with Crippen LogP contribution in [-0.4, -0.2) is 18.5 Å². The first kappa shape index (κ1) is 25.6. The van der Waals surface area contributed by atoms with E-state index in [-0.39, 0.29) is 22.4 Å². The van der Waals surface area contributed by atoms with Crippen molar-refractivity contribution in [3.63, 3.8) is 0 Å². The molecule has 3 rings (SSSR count). The summed E-state index contributed by atoms with van der Waals surface area (Å²) in [6.07, 6.45) is 1.41. The Kier molecular flexibility index (Phi) is 8.31. The first-order valence-corrected chi connectivity index (χ1v) is 11.0. The number of carbonyl (C=O) groups is 2. The monoisotopic (exact) mass is 476 g/mol. The number of esters is 2. The summed E-state index contributed by atoms with van der Waals surface area (Å²) in [4.78, 5) is 23.0. The molecular weight excluding hydrogens is 450 g/mol. The van der Waals surface area contributed by atoms with E-state index < -0.39 is 23.6 Å². The molecular formula is C29H26F2O4. The van der Waals surface area contributed by atoms with Crippen molar-refractivity contribution >= 4 is 11.9 Å². The van der Waals surface area contributed by atoms with Gasteiger partial charge in [-0.25, -0.2) is 18.4 Å². The molecule has 0 spiro atoms. The fourth-order valence-corrected chi connectivity index (χ4v) is 3.31. The Hall–Kier alpha value is -4.06. The van der Waals surface area contributed by atoms with Gasteiger partial charge in [0.25, 0.3) is 0 Å². The van der Waals surface area contributed by atoms with Crippen LogP contribution in [0.3, 0.4) is 0 Å². The highest BCUT2D eigenvalue weighted by molar-refractivity contribution is 5.89. The van der Waals surface area contributed by atoms with Crippen molar-refractivity contribution in [2.24, 2.45) is 0 Å². The smallest absolute Gasteiger partial charge is 0.338 e. The standard InChI is InChI=1S/C29H26F2O4/c1-18(2)28(32)34-15-5-6-20-7-9-21(10-8-20)22-11-13-24(26(30)16-22)25-14-12-23(17-27(25)31)35-29(33)19(3)4/h7-14,16-17H,1,3,5-6,15H2,2,4H3. The number of carbonyl (C=O) groups excluding carboxylic acids is 2. The van der Waals surface area contributed by atoms with Crippen molar-refractivity contribution in [1.82, 2.24) is 0 Å². The molecule has 35 heavy (non-hydrogen) atoms. The Morgan fingerprint density at radius 1 is 0.771 bits per heavy atom. The molecule has 0 aliphatic heterocycles. The van der Waals surface area contributed by atoms with Gasteiger partial charge in [0.1, 0.15) is 17.4 Å². The van der Waals surface area contributed by atoms with E-state index in [1.807, 2.05) is 24.3 Å². The molecule has 0 radical (unpaired) electrons. The van der Waals surface area contributed by atoms with Crippen LogP contribution >= 0.6 is 0 Å². The fraction of sp³-hybridized carbons (Fsp3) is 0.172. The second-order valence-corrected chi connectivity index (χ2v) is 8.22. The summed E-state index contributed by atoms with van der Waals surface area (Å²) in [7, 11) is 0. The maximum atomic E-state index is 14.9. The fourth-order valence-electron chi connectivity index (χ4n) is 3.31. The Labute approximate surface area is 203 Å². The second kappa shape index (κ2) is 11.4. The highest BCUT2D eigenvalue weighted by Gasteiger charge is 2.14. The number of ether oxygens (including phenoxy) is 2. The lowest BCUT2D eigenvalue weighted by Crippen LogP contribution is -2.08. The van der Waals surface area contributed by atoms with Crippen LogP contribution in [0.2, 0.25) is 0 Å². The van der Waals surface area contributed by atoms with Gasteiger partial charge in [0, 0.05) is 28.3 Å². The molecule has 0 N–H and O–H groups in total. The van der Waals surface area contributed by atoms with Crippen LogP contribution < -0.4 is 4.74 Å². The molecule has 0 saturated carbocycles. The molecule has 3 aromatic rings. The molecule has 0 aromatic heterocycles. The zero-order valence-corrected chi connectivity index (χ0v) is 19.7. The zero-order chi connectivity index (χ0) is 25.5. The van der Waals surface area contributed by atoms with Crippen LogP contribution in [0.4, 0.5) is 8.78 Å². The van der Waals surface area contributed by atoms with Crippen molar-refractivity contribution in [2.75, 3.05) is 6.61 Å². The van der Waals surface area contributed by atoms with Crippen molar-refractivity contribution < 1.29 is 27.8 Å². The van der Waals surface area contributed by atoms with Gasteiger partial charge in [0.05, 0.1) is 6.61 Å². The maximum Gasteiger partial charge on any atom is 0.338 e. The van der Waals surface area contributed by atoms with E-state index in [0.29, 0.717) is 24.2 Å². The van der Waals surface area contributed by atoms with Gasteiger partial charge in [-0.2, -0.15) is 0 Å². The minimum atomic E-state index is -0.707. The van der Waals surface area contributed by atoms with E-state index in [4.69, 9.17) is 9.47 Å². The highest BCUT2D eigenvalue weighted by Crippen LogP contribution is 2.31. The molecule has 4 nitrogen and oxygen atoms in total. The van der Waals surface area contributed by atoms with Gasteiger partial charge in [-0.15, -0.1) is 0 Å². The van der Waals surface area contributed by atoms with E-state index in [9.17, 15) is 18.4 Å². The molecule has 0 atom stereocenters. The average Bonchev–Trinajstić information content (AvgIpc) is 2.82. The topological polar surface area (TPSA) is 52.6 Å². The quantitative estimate of drug-likeness (QED) is 0.147. The van der Waals surface area contributed by atoms with Crippen LogP contribution in [0.1, 0.15) is 25.8 Å². The summed E-state index contributed by atoms with van der Waals surface area (Å²) >= 11 is 0. The van der Waals surface area contributed by atoms with Crippen LogP contribution in [0.25, 0.3) is 22.3 Å². The van der Waals surface area contributed by atoms with Gasteiger partial charge < -0.3 is 9.47 Å². The summed E-state index contributed by atoms with van der Waals surface area (Å²) in [5.41, 5.74) is 3.25. The summed E-state index contributed by atoms with van der Waals surface area (Å²) < 4.78 is 39.7. The van der Waals surface area contributed by atoms with Gasteiger partial charge in [0.15, 0.2) is 0 Å². The Morgan fingerprint density at radius 2 is 1.34 bits per heavy atom. The molecule has 0 aliphatic rings. The first-order chi connectivity index (χ1) is 16.7. The predicted molar refractivity (Wildman–Crippen MR) is 132 cm³/mol. The van der Waals surface area contributed by atoms with E-state index in [2.05, 4.69) is 13.2 Å². The minimum absolute atomic E-state index is 0.0188. The molecule has 0 aliphatic carbocycles. The summed E-state index contributed by atoms with van der Waals surface area (Å²) in [6.45, 7) is 10.4. The number of hydrogen-bond donors (Lipinski definition) is 0. The molecule has 0 bridgehead atoms. The van der Waals surface area contributed by atoms with Crippen molar-refractivity contribution in [2.45, 2.75) is 26.7 Å². The Morgan fingerprint density at radius 3 is 1.91 bits per heavy atom. The number of hydrogen-bond acceptors (Lipinski definition) is 4. The van der Waals surface area contributed by atoms with E-state index in [1.54, 1.807) is 13.0 Å². The zero-order valence-electron chi connectivity index (χ0n) is 19.7. The molecule has 0 heterocycles. The molecule has 180 valence electrons. The Balaban J connectivity index is 1.68. The van der Waals surface area contributed by atoms with Gasteiger partial charge in [0.2, 0.25) is 0 Å². The first-order valence-electron chi connectivity index (χ1n) is 11.0. The number of benzene rings is 3. The molecule has 3 aromatic carbocycles. The van der Waals surface area contributed by atoms with Crippen LogP contribution in [0.5, 0.6) is 5.75 Å². The molecule has 0 unspecified atom stereocenters. The lowest BCUT2D eigenvalue weighted by Gasteiger charge is -2.10. The third kappa shape index (κ3) is 6.73. The van der Waals surface area contributed by atoms with Crippen LogP contribution in [-0.2, 0) is 20.7 Å². The molecule has 0 saturated heterocycles. The predicted octanol–water partition coefficient (Wildman–Crippen LogP) is 6.83. The summed E-state index contributed by atoms with van der Waals surface area (Å²) in [6, 6.07) is 16.1. The van der Waals surface area contributed by atoms with E-state index in [1.165, 1.54) is 31.2 Å². The third-order valence-corrected chi connectivity index (χ3v) is 5.24. The molecule has 0 fully saturated rings. The lowest BCUT2D eigenvalue weighted by atomic mass is 9.98. The van der Waals surface area contributed by atoms with Gasteiger partial charge in [-0.3, -0.25) is 0 Å². The van der Waals surface area contributed by atoms with Gasteiger partial charge in [-0.1, -0.05) is 49.6 Å². The average molecular weight is 477 g/mol. The third-order valence-electron chi connectivity index (χ3n) is 5.24. The molecule has 6 heteroatoms. The van der Waals surface area contributed by atoms with Gasteiger partial charge in [-0.05, 0) is 61.6 Å². The van der Waals surface area contributed by atoms with Gasteiger partial charge >= 0.3 is 11.9 Å². The highest BCUT2D eigenvalue weighted by atomic mass is 19.1. The van der Waals surface area contributed by atoms with Crippen LogP contribution in [0.15, 0.2) is 85.0 Å². The maximum absolute atomic E-state index is 14.9. The number of halogens is 2. The second-order valence-electron chi connectivity index (χ2n) is 8.22. The van der Waals surface area contributed by atoms with Crippen molar-refractivity contribution in [1.29, 1.82) is 0 Å². The van der Waals surface area contributed by atoms with E-state index >= 15 is 0 Å². The number of rotatable bonds is 9. The normalized spacial score (nSPS) is 10.5. The van der Waals surface area contributed by atoms with Crippen LogP contribution in [0, 0.1) is 11.6 Å². The summed E-state index contributed by atoms with van der Waals surface area (Å²) in [5.74, 6) is -2.32. The SMILES string of the molecule is C=C(C)C(=O)OCCCc1ccc(-c2ccc(-c3ccc(OC(=O)C(=C)C)cc3F)c(F)c2)cc1. The Bertz CT molecular complexity index is 1280. The van der Waals surface area contributed by atoms with Crippen molar-refractivity contribution in [3.05, 3.63) is 102 Å². The molecule has 0 amide bonds. The number of aryl methyl sites for hydroxylation is 1. The summed E-state index contributed by atoms with van der Waals surface area (Å²) in [5, 5.41) is 0. The van der Waals surface area contributed by atoms with Crippen molar-refractivity contribution in [3.8, 4) is 28.0 Å². The van der Waals surface area contributed by atoms with E-state index in [0.717, 1.165) is 23.6 Å². The largest absolute Gasteiger partial charge is 0.462 e.